The third-order valence-corrected chi connectivity index (χ3v) is 8.51. The van der Waals surface area contributed by atoms with E-state index in [4.69, 9.17) is 0 Å². The fraction of sp³-hybridized carbons (Fsp3) is 0.780. The van der Waals surface area contributed by atoms with Crippen LogP contribution in [0.5, 0.6) is 0 Å². The van der Waals surface area contributed by atoms with Crippen molar-refractivity contribution in [2.24, 2.45) is 0 Å². The molecule has 0 saturated carbocycles. The van der Waals surface area contributed by atoms with Gasteiger partial charge in [0.05, 0.1) is 18.8 Å². The Hall–Kier alpha value is -1.65. The van der Waals surface area contributed by atoms with Crippen LogP contribution in [-0.2, 0) is 4.79 Å². The van der Waals surface area contributed by atoms with Crippen molar-refractivity contribution >= 4 is 5.91 Å². The highest BCUT2D eigenvalue weighted by atomic mass is 16.3. The van der Waals surface area contributed by atoms with Crippen LogP contribution in [0.25, 0.3) is 0 Å². The molecule has 0 rings (SSSR count). The first-order valence-corrected chi connectivity index (χ1v) is 19.4. The lowest BCUT2D eigenvalue weighted by Gasteiger charge is -2.19. The highest BCUT2D eigenvalue weighted by Gasteiger charge is 2.17. The molecule has 0 saturated heterocycles. The maximum atomic E-state index is 12.2. The Morgan fingerprint density at radius 3 is 1.31 bits per heavy atom. The summed E-state index contributed by atoms with van der Waals surface area (Å²) in [4.78, 5) is 12.2. The van der Waals surface area contributed by atoms with Crippen molar-refractivity contribution in [2.45, 2.75) is 199 Å². The molecule has 0 aliphatic rings. The van der Waals surface area contributed by atoms with E-state index in [0.717, 1.165) is 44.9 Å². The van der Waals surface area contributed by atoms with Gasteiger partial charge in [0.25, 0.3) is 0 Å². The number of nitrogens with one attached hydrogen (secondary N) is 1. The number of aliphatic hydroxyl groups excluding tert-OH is 2. The van der Waals surface area contributed by atoms with Gasteiger partial charge in [-0.2, -0.15) is 0 Å². The van der Waals surface area contributed by atoms with Gasteiger partial charge in [0.2, 0.25) is 5.91 Å². The van der Waals surface area contributed by atoms with Gasteiger partial charge in [0.15, 0.2) is 0 Å². The smallest absolute Gasteiger partial charge is 0.220 e. The van der Waals surface area contributed by atoms with Gasteiger partial charge in [-0.15, -0.1) is 0 Å². The number of carbonyl (C=O) groups excluding carboxylic acids is 1. The zero-order valence-corrected chi connectivity index (χ0v) is 29.9. The Bertz CT molecular complexity index is 726. The first kappa shape index (κ1) is 43.4. The number of allylic oxidation sites excluding steroid dienone is 7. The Labute approximate surface area is 280 Å². The normalized spacial score (nSPS) is 13.6. The largest absolute Gasteiger partial charge is 0.394 e. The summed E-state index contributed by atoms with van der Waals surface area (Å²) in [7, 11) is 0. The van der Waals surface area contributed by atoms with Crippen molar-refractivity contribution < 1.29 is 15.0 Å². The summed E-state index contributed by atoms with van der Waals surface area (Å²) < 4.78 is 0. The van der Waals surface area contributed by atoms with Crippen LogP contribution in [0.4, 0.5) is 0 Å². The minimum Gasteiger partial charge on any atom is -0.394 e. The second-order valence-corrected chi connectivity index (χ2v) is 13.0. The molecule has 4 heteroatoms. The summed E-state index contributed by atoms with van der Waals surface area (Å²) in [5, 5.41) is 22.8. The molecular weight excluding hydrogens is 554 g/mol. The van der Waals surface area contributed by atoms with E-state index in [9.17, 15) is 15.0 Å². The van der Waals surface area contributed by atoms with Crippen molar-refractivity contribution in [3.63, 3.8) is 0 Å². The summed E-state index contributed by atoms with van der Waals surface area (Å²) >= 11 is 0. The van der Waals surface area contributed by atoms with Crippen LogP contribution in [0.15, 0.2) is 48.6 Å². The van der Waals surface area contributed by atoms with Crippen LogP contribution in [0.2, 0.25) is 0 Å². The Morgan fingerprint density at radius 1 is 0.511 bits per heavy atom. The Morgan fingerprint density at radius 2 is 0.867 bits per heavy atom. The number of aliphatic hydroxyl groups is 2. The molecule has 262 valence electrons. The molecule has 0 spiro atoms. The maximum absolute atomic E-state index is 12.2. The van der Waals surface area contributed by atoms with Gasteiger partial charge in [-0.05, 0) is 64.2 Å². The third kappa shape index (κ3) is 33.5. The lowest BCUT2D eigenvalue weighted by Crippen LogP contribution is -2.45. The molecule has 0 fully saturated rings. The van der Waals surface area contributed by atoms with Crippen molar-refractivity contribution in [1.82, 2.24) is 5.32 Å². The van der Waals surface area contributed by atoms with Crippen LogP contribution in [0, 0.1) is 0 Å². The average molecular weight is 630 g/mol. The third-order valence-electron chi connectivity index (χ3n) is 8.51. The number of hydrogen-bond acceptors (Lipinski definition) is 3. The van der Waals surface area contributed by atoms with E-state index in [2.05, 4.69) is 55.6 Å². The lowest BCUT2D eigenvalue weighted by atomic mass is 10.0. The van der Waals surface area contributed by atoms with Crippen molar-refractivity contribution in [1.29, 1.82) is 0 Å². The molecule has 0 aromatic carbocycles. The summed E-state index contributed by atoms with van der Waals surface area (Å²) in [6.07, 6.45) is 49.4. The van der Waals surface area contributed by atoms with Gasteiger partial charge in [-0.25, -0.2) is 0 Å². The van der Waals surface area contributed by atoms with Gasteiger partial charge < -0.3 is 15.5 Å². The van der Waals surface area contributed by atoms with Crippen LogP contribution in [0.1, 0.15) is 187 Å². The molecule has 0 heterocycles. The van der Waals surface area contributed by atoms with E-state index in [1.165, 1.54) is 122 Å². The first-order chi connectivity index (χ1) is 22.2. The van der Waals surface area contributed by atoms with Gasteiger partial charge in [-0.3, -0.25) is 4.79 Å². The van der Waals surface area contributed by atoms with Crippen molar-refractivity contribution in [2.75, 3.05) is 6.61 Å². The van der Waals surface area contributed by atoms with Crippen LogP contribution >= 0.6 is 0 Å². The Balaban J connectivity index is 3.66. The summed E-state index contributed by atoms with van der Waals surface area (Å²) in [5.74, 6) is -0.116. The molecule has 0 aromatic heterocycles. The van der Waals surface area contributed by atoms with Gasteiger partial charge >= 0.3 is 0 Å². The van der Waals surface area contributed by atoms with Gasteiger partial charge in [-0.1, -0.05) is 165 Å². The molecule has 0 aliphatic carbocycles. The highest BCUT2D eigenvalue weighted by molar-refractivity contribution is 5.76. The molecule has 2 unspecified atom stereocenters. The molecule has 0 bridgehead atoms. The standard InChI is InChI=1S/C41H75NO3/c1-3-5-7-9-11-13-14-15-16-17-18-19-20-21-22-23-24-25-26-27-29-30-32-34-36-40(44)39(38-43)42-41(45)37-35-33-31-28-12-10-8-6-4-2/h23-24,27-29,31,34,36,39-40,43-44H,3-22,25-26,30,32-33,35,37-38H2,1-2H3,(H,42,45)/b24-23+,29-27+,31-28-,36-34+. The molecule has 0 aromatic rings. The second-order valence-electron chi connectivity index (χ2n) is 13.0. The topological polar surface area (TPSA) is 69.6 Å². The van der Waals surface area contributed by atoms with E-state index < -0.39 is 12.1 Å². The van der Waals surface area contributed by atoms with Crippen molar-refractivity contribution in [3.8, 4) is 0 Å². The van der Waals surface area contributed by atoms with E-state index in [0.29, 0.717) is 6.42 Å². The van der Waals surface area contributed by atoms with Gasteiger partial charge in [0, 0.05) is 6.42 Å². The number of rotatable bonds is 34. The molecule has 3 N–H and O–H groups in total. The van der Waals surface area contributed by atoms with Crippen LogP contribution in [0.3, 0.4) is 0 Å². The van der Waals surface area contributed by atoms with E-state index in [1.807, 2.05) is 6.08 Å². The monoisotopic (exact) mass is 630 g/mol. The molecule has 4 nitrogen and oxygen atoms in total. The van der Waals surface area contributed by atoms with Crippen LogP contribution < -0.4 is 5.32 Å². The fourth-order valence-electron chi connectivity index (χ4n) is 5.51. The lowest BCUT2D eigenvalue weighted by molar-refractivity contribution is -0.122. The average Bonchev–Trinajstić information content (AvgIpc) is 3.04. The molecule has 1 amide bonds. The predicted octanol–water partition coefficient (Wildman–Crippen LogP) is 11.6. The quantitative estimate of drug-likeness (QED) is 0.0490. The first-order valence-electron chi connectivity index (χ1n) is 19.4. The maximum Gasteiger partial charge on any atom is 0.220 e. The summed E-state index contributed by atoms with van der Waals surface area (Å²) in [6.45, 7) is 4.23. The zero-order chi connectivity index (χ0) is 32.9. The molecule has 0 radical (unpaired) electrons. The van der Waals surface area contributed by atoms with Crippen LogP contribution in [-0.4, -0.2) is 34.9 Å². The number of hydrogen-bond donors (Lipinski definition) is 3. The van der Waals surface area contributed by atoms with Gasteiger partial charge in [0.1, 0.15) is 0 Å². The fourth-order valence-corrected chi connectivity index (χ4v) is 5.51. The summed E-state index contributed by atoms with van der Waals surface area (Å²) in [5.41, 5.74) is 0. The summed E-state index contributed by atoms with van der Waals surface area (Å²) in [6, 6.07) is -0.658. The Kier molecular flexibility index (Phi) is 35.5. The minimum atomic E-state index is -0.879. The molecule has 0 aliphatic heterocycles. The number of unbranched alkanes of at least 4 members (excludes halogenated alkanes) is 21. The van der Waals surface area contributed by atoms with E-state index in [1.54, 1.807) is 6.08 Å². The SMILES string of the molecule is CCCCCC/C=C\CCCC(=O)NC(CO)C(O)/C=C/CC/C=C/CC/C=C/CCCCCCCCCCCCCCCC. The van der Waals surface area contributed by atoms with Crippen molar-refractivity contribution in [3.05, 3.63) is 48.6 Å². The van der Waals surface area contributed by atoms with E-state index in [-0.39, 0.29) is 12.5 Å². The minimum absolute atomic E-state index is 0.116. The molecular formula is C41H75NO3. The van der Waals surface area contributed by atoms with E-state index >= 15 is 0 Å². The zero-order valence-electron chi connectivity index (χ0n) is 29.9. The second kappa shape index (κ2) is 36.8. The number of carbonyl (C=O) groups is 1. The predicted molar refractivity (Wildman–Crippen MR) is 198 cm³/mol. The number of amides is 1. The molecule has 45 heavy (non-hydrogen) atoms. The highest BCUT2D eigenvalue weighted by Crippen LogP contribution is 2.13. The molecule has 2 atom stereocenters.